The molecule has 12 heavy (non-hydrogen) atoms. The number of allylic oxidation sites excluding steroid dienone is 4. The van der Waals surface area contributed by atoms with E-state index in [2.05, 4.69) is 0 Å². The molecule has 0 heterocycles. The molecule has 0 spiro atoms. The van der Waals surface area contributed by atoms with Crippen LogP contribution < -0.4 is 0 Å². The molecule has 0 unspecified atom stereocenters. The second kappa shape index (κ2) is 5.01. The van der Waals surface area contributed by atoms with Crippen molar-refractivity contribution in [2.75, 3.05) is 0 Å². The van der Waals surface area contributed by atoms with Gasteiger partial charge < -0.3 is 0 Å². The van der Waals surface area contributed by atoms with Crippen LogP contribution in [-0.2, 0) is 0 Å². The molecule has 0 radical (unpaired) electrons. The Morgan fingerprint density at radius 3 is 2.17 bits per heavy atom. The molecule has 0 amide bonds. The van der Waals surface area contributed by atoms with Crippen molar-refractivity contribution in [2.24, 2.45) is 0 Å². The van der Waals surface area contributed by atoms with Gasteiger partial charge in [-0.05, 0) is 18.4 Å². The van der Waals surface area contributed by atoms with Gasteiger partial charge in [-0.1, -0.05) is 26.0 Å². The lowest BCUT2D eigenvalue weighted by Gasteiger charge is -2.01. The van der Waals surface area contributed by atoms with Crippen LogP contribution in [0.5, 0.6) is 0 Å². The standard InChI is InChI=1S/C9H13F3/c1-3-5-6-8(4-2)7-9(10,11)12/h5-7H,3-4H2,1-2H3/b6-5-,8-7-. The zero-order valence-electron chi connectivity index (χ0n) is 7.28. The van der Waals surface area contributed by atoms with Gasteiger partial charge in [0.2, 0.25) is 0 Å². The van der Waals surface area contributed by atoms with Gasteiger partial charge in [0, 0.05) is 6.08 Å². The van der Waals surface area contributed by atoms with Crippen LogP contribution in [0.25, 0.3) is 0 Å². The molecule has 0 aromatic rings. The fourth-order valence-corrected chi connectivity index (χ4v) is 0.747. The molecule has 0 fully saturated rings. The summed E-state index contributed by atoms with van der Waals surface area (Å²) in [6.45, 7) is 3.59. The highest BCUT2D eigenvalue weighted by Crippen LogP contribution is 2.20. The summed E-state index contributed by atoms with van der Waals surface area (Å²) in [6, 6.07) is 0. The van der Waals surface area contributed by atoms with Gasteiger partial charge in [-0.3, -0.25) is 0 Å². The van der Waals surface area contributed by atoms with E-state index < -0.39 is 6.18 Å². The van der Waals surface area contributed by atoms with Crippen molar-refractivity contribution in [1.82, 2.24) is 0 Å². The third-order valence-corrected chi connectivity index (χ3v) is 1.32. The van der Waals surface area contributed by atoms with E-state index in [0.29, 0.717) is 18.1 Å². The van der Waals surface area contributed by atoms with Gasteiger partial charge in [0.15, 0.2) is 0 Å². The fourth-order valence-electron chi connectivity index (χ4n) is 0.747. The third kappa shape index (κ3) is 6.01. The van der Waals surface area contributed by atoms with Gasteiger partial charge in [-0.2, -0.15) is 13.2 Å². The first kappa shape index (κ1) is 11.3. The molecule has 70 valence electrons. The van der Waals surface area contributed by atoms with E-state index in [1.165, 1.54) is 6.08 Å². The molecule has 0 rings (SSSR count). The zero-order chi connectivity index (χ0) is 9.61. The summed E-state index contributed by atoms with van der Waals surface area (Å²) >= 11 is 0. The lowest BCUT2D eigenvalue weighted by molar-refractivity contribution is -0.0804. The summed E-state index contributed by atoms with van der Waals surface area (Å²) in [5, 5.41) is 0. The van der Waals surface area contributed by atoms with Crippen molar-refractivity contribution in [3.05, 3.63) is 23.8 Å². The van der Waals surface area contributed by atoms with E-state index in [0.717, 1.165) is 6.42 Å². The maximum absolute atomic E-state index is 11.8. The van der Waals surface area contributed by atoms with E-state index >= 15 is 0 Å². The van der Waals surface area contributed by atoms with E-state index in [1.54, 1.807) is 13.0 Å². The number of halogens is 3. The molecular formula is C9H13F3. The molecule has 0 N–H and O–H groups in total. The van der Waals surface area contributed by atoms with Crippen LogP contribution >= 0.6 is 0 Å². The van der Waals surface area contributed by atoms with Crippen LogP contribution in [0, 0.1) is 0 Å². The van der Waals surface area contributed by atoms with Crippen molar-refractivity contribution in [1.29, 1.82) is 0 Å². The van der Waals surface area contributed by atoms with Crippen LogP contribution in [0.3, 0.4) is 0 Å². The van der Waals surface area contributed by atoms with Crippen molar-refractivity contribution in [3.63, 3.8) is 0 Å². The Labute approximate surface area is 70.8 Å². The molecule has 0 saturated heterocycles. The maximum atomic E-state index is 11.8. The molecule has 0 aliphatic carbocycles. The average molecular weight is 178 g/mol. The molecule has 0 aromatic carbocycles. The van der Waals surface area contributed by atoms with Crippen LogP contribution in [0.4, 0.5) is 13.2 Å². The summed E-state index contributed by atoms with van der Waals surface area (Å²) < 4.78 is 35.4. The topological polar surface area (TPSA) is 0 Å². The quantitative estimate of drug-likeness (QED) is 0.576. The normalized spacial score (nSPS) is 14.2. The zero-order valence-corrected chi connectivity index (χ0v) is 7.28. The molecule has 0 saturated carbocycles. The molecule has 0 aliphatic heterocycles. The number of rotatable bonds is 3. The van der Waals surface area contributed by atoms with E-state index in [4.69, 9.17) is 0 Å². The number of alkyl halides is 3. The van der Waals surface area contributed by atoms with Gasteiger partial charge in [0.05, 0.1) is 0 Å². The minimum Gasteiger partial charge on any atom is -0.167 e. The second-order valence-corrected chi connectivity index (χ2v) is 2.43. The van der Waals surface area contributed by atoms with Crippen molar-refractivity contribution in [3.8, 4) is 0 Å². The van der Waals surface area contributed by atoms with Crippen LogP contribution in [0.2, 0.25) is 0 Å². The van der Waals surface area contributed by atoms with Crippen LogP contribution in [-0.4, -0.2) is 6.18 Å². The first-order valence-electron chi connectivity index (χ1n) is 3.94. The molecule has 0 bridgehead atoms. The molecule has 0 atom stereocenters. The van der Waals surface area contributed by atoms with Crippen LogP contribution in [0.1, 0.15) is 26.7 Å². The summed E-state index contributed by atoms with van der Waals surface area (Å²) in [6.07, 6.45) is 0.572. The Hall–Kier alpha value is -0.730. The molecule has 0 aliphatic rings. The molecule has 0 nitrogen and oxygen atoms in total. The van der Waals surface area contributed by atoms with E-state index in [-0.39, 0.29) is 0 Å². The predicted molar refractivity (Wildman–Crippen MR) is 43.9 cm³/mol. The van der Waals surface area contributed by atoms with Gasteiger partial charge >= 0.3 is 6.18 Å². The van der Waals surface area contributed by atoms with E-state index in [1.807, 2.05) is 6.92 Å². The minimum absolute atomic E-state index is 0.323. The van der Waals surface area contributed by atoms with Gasteiger partial charge in [-0.25, -0.2) is 0 Å². The van der Waals surface area contributed by atoms with Crippen molar-refractivity contribution >= 4 is 0 Å². The number of hydrogen-bond donors (Lipinski definition) is 0. The Kier molecular flexibility index (Phi) is 4.71. The Bertz CT molecular complexity index is 175. The fraction of sp³-hybridized carbons (Fsp3) is 0.556. The van der Waals surface area contributed by atoms with Crippen molar-refractivity contribution in [2.45, 2.75) is 32.9 Å². The number of hydrogen-bond acceptors (Lipinski definition) is 0. The largest absolute Gasteiger partial charge is 0.410 e. The maximum Gasteiger partial charge on any atom is 0.410 e. The molecule has 3 heteroatoms. The first-order valence-corrected chi connectivity index (χ1v) is 3.94. The summed E-state index contributed by atoms with van der Waals surface area (Å²) in [4.78, 5) is 0. The highest BCUT2D eigenvalue weighted by atomic mass is 19.4. The summed E-state index contributed by atoms with van der Waals surface area (Å²) in [5.74, 6) is 0. The van der Waals surface area contributed by atoms with Crippen LogP contribution in [0.15, 0.2) is 23.8 Å². The Balaban J connectivity index is 4.34. The smallest absolute Gasteiger partial charge is 0.167 e. The predicted octanol–water partition coefficient (Wildman–Crippen LogP) is 3.85. The average Bonchev–Trinajstić information content (AvgIpc) is 1.95. The van der Waals surface area contributed by atoms with E-state index in [9.17, 15) is 13.2 Å². The highest BCUT2D eigenvalue weighted by Gasteiger charge is 2.23. The second-order valence-electron chi connectivity index (χ2n) is 2.43. The summed E-state index contributed by atoms with van der Waals surface area (Å²) in [5.41, 5.74) is 0.323. The Morgan fingerprint density at radius 1 is 1.25 bits per heavy atom. The first-order chi connectivity index (χ1) is 5.49. The van der Waals surface area contributed by atoms with Gasteiger partial charge in [-0.15, -0.1) is 0 Å². The van der Waals surface area contributed by atoms with Crippen molar-refractivity contribution < 1.29 is 13.2 Å². The lowest BCUT2D eigenvalue weighted by atomic mass is 10.1. The van der Waals surface area contributed by atoms with Gasteiger partial charge in [0.25, 0.3) is 0 Å². The monoisotopic (exact) mass is 178 g/mol. The Morgan fingerprint density at radius 2 is 1.83 bits per heavy atom. The summed E-state index contributed by atoms with van der Waals surface area (Å²) in [7, 11) is 0. The lowest BCUT2D eigenvalue weighted by Crippen LogP contribution is -2.02. The van der Waals surface area contributed by atoms with Gasteiger partial charge in [0.1, 0.15) is 0 Å². The highest BCUT2D eigenvalue weighted by molar-refractivity contribution is 5.19. The molecular weight excluding hydrogens is 165 g/mol. The SMILES string of the molecule is CC/C=C\C(=C/C(F)(F)F)CC. The third-order valence-electron chi connectivity index (χ3n) is 1.32. The molecule has 0 aromatic heterocycles. The minimum atomic E-state index is -4.19.